The van der Waals surface area contributed by atoms with Gasteiger partial charge in [-0.2, -0.15) is 0 Å². The summed E-state index contributed by atoms with van der Waals surface area (Å²) < 4.78 is 10.7. The largest absolute Gasteiger partial charge is 0.467 e. The van der Waals surface area contributed by atoms with Crippen LogP contribution in [0, 0.1) is 0 Å². The number of benzene rings is 1. The van der Waals surface area contributed by atoms with Crippen LogP contribution < -0.4 is 10.5 Å². The summed E-state index contributed by atoms with van der Waals surface area (Å²) in [6.45, 7) is 1.74. The third kappa shape index (κ3) is 2.22. The third-order valence-electron chi connectivity index (χ3n) is 2.30. The first-order chi connectivity index (χ1) is 7.16. The number of hydrogen-bond acceptors (Lipinski definition) is 4. The van der Waals surface area contributed by atoms with Gasteiger partial charge in [-0.3, -0.25) is 0 Å². The Morgan fingerprint density at radius 1 is 1.40 bits per heavy atom. The van der Waals surface area contributed by atoms with E-state index in [1.165, 1.54) is 0 Å². The molecule has 15 heavy (non-hydrogen) atoms. The molecular formula is C11H16N2O2. The smallest absolute Gasteiger partial charge is 0.189 e. The van der Waals surface area contributed by atoms with Gasteiger partial charge < -0.3 is 20.1 Å². The first kappa shape index (κ1) is 10.3. The van der Waals surface area contributed by atoms with Crippen molar-refractivity contribution < 1.29 is 9.47 Å². The van der Waals surface area contributed by atoms with Crippen molar-refractivity contribution in [3.05, 3.63) is 23.3 Å². The van der Waals surface area contributed by atoms with Crippen LogP contribution in [-0.4, -0.2) is 25.8 Å². The van der Waals surface area contributed by atoms with E-state index in [1.807, 2.05) is 26.2 Å². The molecule has 2 N–H and O–H groups in total. The quantitative estimate of drug-likeness (QED) is 0.742. The van der Waals surface area contributed by atoms with Crippen molar-refractivity contribution in [2.45, 2.75) is 13.2 Å². The van der Waals surface area contributed by atoms with E-state index < -0.39 is 0 Å². The highest BCUT2D eigenvalue weighted by Gasteiger charge is 2.16. The molecule has 0 saturated carbocycles. The van der Waals surface area contributed by atoms with Gasteiger partial charge in [0.1, 0.15) is 5.75 Å². The Hall–Kier alpha value is -1.26. The Morgan fingerprint density at radius 3 is 2.93 bits per heavy atom. The van der Waals surface area contributed by atoms with Crippen LogP contribution in [0.15, 0.2) is 12.1 Å². The molecular weight excluding hydrogens is 192 g/mol. The van der Waals surface area contributed by atoms with Crippen LogP contribution in [0.1, 0.15) is 11.1 Å². The minimum Gasteiger partial charge on any atom is -0.467 e. The zero-order chi connectivity index (χ0) is 10.8. The lowest BCUT2D eigenvalue weighted by molar-refractivity contribution is -0.0172. The van der Waals surface area contributed by atoms with E-state index >= 15 is 0 Å². The summed E-state index contributed by atoms with van der Waals surface area (Å²) in [5, 5.41) is 0. The summed E-state index contributed by atoms with van der Waals surface area (Å²) in [6, 6.07) is 3.87. The van der Waals surface area contributed by atoms with Gasteiger partial charge >= 0.3 is 0 Å². The summed E-state index contributed by atoms with van der Waals surface area (Å²) >= 11 is 0. The number of anilines is 1. The van der Waals surface area contributed by atoms with Crippen molar-refractivity contribution >= 4 is 5.69 Å². The average Bonchev–Trinajstić information content (AvgIpc) is 2.16. The molecule has 4 nitrogen and oxygen atoms in total. The van der Waals surface area contributed by atoms with E-state index in [-0.39, 0.29) is 0 Å². The summed E-state index contributed by atoms with van der Waals surface area (Å²) in [4.78, 5) is 2.09. The Kier molecular flexibility index (Phi) is 2.79. The fourth-order valence-corrected chi connectivity index (χ4v) is 1.78. The molecule has 0 fully saturated rings. The SMILES string of the molecule is CN(C)Cc1cc(N)cc2c1OCOC2. The second kappa shape index (κ2) is 4.08. The molecule has 1 aliphatic heterocycles. The molecule has 0 saturated heterocycles. The van der Waals surface area contributed by atoms with Gasteiger partial charge in [-0.05, 0) is 26.2 Å². The van der Waals surface area contributed by atoms with Gasteiger partial charge in [-0.15, -0.1) is 0 Å². The molecule has 1 heterocycles. The van der Waals surface area contributed by atoms with Crippen molar-refractivity contribution in [3.63, 3.8) is 0 Å². The Morgan fingerprint density at radius 2 is 2.20 bits per heavy atom. The van der Waals surface area contributed by atoms with Crippen LogP contribution in [0.25, 0.3) is 0 Å². The third-order valence-corrected chi connectivity index (χ3v) is 2.30. The van der Waals surface area contributed by atoms with Crippen LogP contribution in [0.4, 0.5) is 5.69 Å². The molecule has 0 amide bonds. The molecule has 0 bridgehead atoms. The van der Waals surface area contributed by atoms with E-state index in [1.54, 1.807) is 0 Å². The lowest BCUT2D eigenvalue weighted by atomic mass is 10.1. The van der Waals surface area contributed by atoms with Crippen LogP contribution in [0.3, 0.4) is 0 Å². The second-order valence-electron chi connectivity index (χ2n) is 4.02. The van der Waals surface area contributed by atoms with Crippen molar-refractivity contribution in [1.82, 2.24) is 4.90 Å². The van der Waals surface area contributed by atoms with Gasteiger partial charge in [0, 0.05) is 23.4 Å². The molecule has 0 radical (unpaired) electrons. The summed E-state index contributed by atoms with van der Waals surface area (Å²) in [5.74, 6) is 0.934. The maximum absolute atomic E-state index is 5.83. The molecule has 1 aromatic rings. The standard InChI is InChI=1S/C11H16N2O2/c1-13(2)5-8-3-10(12)4-9-6-14-7-15-11(8)9/h3-4H,5-7,12H2,1-2H3. The van der Waals surface area contributed by atoms with Gasteiger partial charge in [0.05, 0.1) is 6.61 Å². The lowest BCUT2D eigenvalue weighted by Gasteiger charge is -2.22. The van der Waals surface area contributed by atoms with Gasteiger partial charge in [0.25, 0.3) is 0 Å². The van der Waals surface area contributed by atoms with Crippen LogP contribution in [0.2, 0.25) is 0 Å². The molecule has 2 rings (SSSR count). The van der Waals surface area contributed by atoms with Crippen molar-refractivity contribution in [3.8, 4) is 5.75 Å². The monoisotopic (exact) mass is 208 g/mol. The van der Waals surface area contributed by atoms with Gasteiger partial charge in [-0.1, -0.05) is 0 Å². The van der Waals surface area contributed by atoms with E-state index in [4.69, 9.17) is 15.2 Å². The van der Waals surface area contributed by atoms with Crippen LogP contribution >= 0.6 is 0 Å². The molecule has 0 aromatic heterocycles. The summed E-state index contributed by atoms with van der Waals surface area (Å²) in [6.07, 6.45) is 0. The minimum absolute atomic E-state index is 0.331. The van der Waals surface area contributed by atoms with E-state index in [9.17, 15) is 0 Å². The summed E-state index contributed by atoms with van der Waals surface area (Å²) in [7, 11) is 4.05. The number of rotatable bonds is 2. The molecule has 1 aromatic carbocycles. The minimum atomic E-state index is 0.331. The van der Waals surface area contributed by atoms with Crippen molar-refractivity contribution in [1.29, 1.82) is 0 Å². The van der Waals surface area contributed by atoms with Crippen molar-refractivity contribution in [2.24, 2.45) is 0 Å². The van der Waals surface area contributed by atoms with Gasteiger partial charge in [0.2, 0.25) is 0 Å². The molecule has 82 valence electrons. The first-order valence-electron chi connectivity index (χ1n) is 4.93. The normalized spacial score (nSPS) is 14.9. The Balaban J connectivity index is 2.38. The Labute approximate surface area is 89.6 Å². The fraction of sp³-hybridized carbons (Fsp3) is 0.455. The first-order valence-corrected chi connectivity index (χ1v) is 4.93. The predicted octanol–water partition coefficient (Wildman–Crippen LogP) is 1.20. The fourth-order valence-electron chi connectivity index (χ4n) is 1.78. The highest BCUT2D eigenvalue weighted by Crippen LogP contribution is 2.31. The molecule has 1 aliphatic rings. The second-order valence-corrected chi connectivity index (χ2v) is 4.02. The molecule has 0 atom stereocenters. The molecule has 0 unspecified atom stereocenters. The highest BCUT2D eigenvalue weighted by atomic mass is 16.7. The van der Waals surface area contributed by atoms with Crippen molar-refractivity contribution in [2.75, 3.05) is 26.6 Å². The number of fused-ring (bicyclic) bond motifs is 1. The number of nitrogen functional groups attached to an aromatic ring is 1. The maximum atomic E-state index is 5.83. The van der Waals surface area contributed by atoms with Crippen LogP contribution in [0.5, 0.6) is 5.75 Å². The number of nitrogens with two attached hydrogens (primary N) is 1. The highest BCUT2D eigenvalue weighted by molar-refractivity contribution is 5.53. The lowest BCUT2D eigenvalue weighted by Crippen LogP contribution is -2.17. The zero-order valence-electron chi connectivity index (χ0n) is 9.12. The topological polar surface area (TPSA) is 47.7 Å². The number of nitrogens with zero attached hydrogens (tertiary/aromatic N) is 1. The van der Waals surface area contributed by atoms with E-state index in [2.05, 4.69) is 4.90 Å². The van der Waals surface area contributed by atoms with Gasteiger partial charge in [-0.25, -0.2) is 0 Å². The Bertz CT molecular complexity index is 364. The maximum Gasteiger partial charge on any atom is 0.189 e. The number of hydrogen-bond donors (Lipinski definition) is 1. The zero-order valence-corrected chi connectivity index (χ0v) is 9.12. The number of ether oxygens (including phenoxy) is 2. The van der Waals surface area contributed by atoms with E-state index in [0.29, 0.717) is 13.4 Å². The summed E-state index contributed by atoms with van der Waals surface area (Å²) in [5.41, 5.74) is 8.76. The predicted molar refractivity (Wildman–Crippen MR) is 58.5 cm³/mol. The van der Waals surface area contributed by atoms with Crippen LogP contribution in [-0.2, 0) is 17.9 Å². The molecule has 0 spiro atoms. The van der Waals surface area contributed by atoms with Gasteiger partial charge in [0.15, 0.2) is 6.79 Å². The molecule has 0 aliphatic carbocycles. The molecule has 4 heteroatoms. The van der Waals surface area contributed by atoms with E-state index in [0.717, 1.165) is 29.1 Å². The average molecular weight is 208 g/mol.